The molecule has 1 saturated carbocycles. The lowest BCUT2D eigenvalue weighted by Gasteiger charge is -2.31. The minimum absolute atomic E-state index is 0.0342. The molecule has 3 aliphatic heterocycles. The number of piperidine rings is 1. The van der Waals surface area contributed by atoms with Crippen LogP contribution in [-0.2, 0) is 6.54 Å². The van der Waals surface area contributed by atoms with Gasteiger partial charge >= 0.3 is 0 Å². The van der Waals surface area contributed by atoms with E-state index in [9.17, 15) is 9.59 Å². The maximum Gasteiger partial charge on any atom is 0.255 e. The molecule has 1 aliphatic carbocycles. The Morgan fingerprint density at radius 2 is 1.90 bits per heavy atom. The van der Waals surface area contributed by atoms with E-state index in [1.807, 2.05) is 28.0 Å². The number of hydrogen-bond donors (Lipinski definition) is 0. The first kappa shape index (κ1) is 18.7. The molecule has 1 saturated heterocycles. The zero-order valence-electron chi connectivity index (χ0n) is 17.5. The summed E-state index contributed by atoms with van der Waals surface area (Å²) in [6.07, 6.45) is 7.22. The number of likely N-dealkylation sites (tertiary alicyclic amines) is 1. The highest BCUT2D eigenvalue weighted by Gasteiger charge is 2.38. The quantitative estimate of drug-likeness (QED) is 0.765. The normalized spacial score (nSPS) is 20.4. The number of benzene rings is 1. The highest BCUT2D eigenvalue weighted by molar-refractivity contribution is 5.99. The Hall–Kier alpha value is -3.09. The summed E-state index contributed by atoms with van der Waals surface area (Å²) in [6, 6.07) is 8.30. The Labute approximate surface area is 181 Å². The first-order chi connectivity index (χ1) is 15.2. The molecule has 6 rings (SSSR count). The maximum absolute atomic E-state index is 12.9. The number of hydrogen-bond acceptors (Lipinski definition) is 5. The van der Waals surface area contributed by atoms with Gasteiger partial charge in [-0.05, 0) is 61.9 Å². The molecule has 0 bridgehead atoms. The molecule has 0 atom stereocenters. The van der Waals surface area contributed by atoms with Crippen LogP contribution in [-0.4, -0.2) is 58.9 Å². The summed E-state index contributed by atoms with van der Waals surface area (Å²) in [5.41, 5.74) is 3.50. The van der Waals surface area contributed by atoms with E-state index in [1.54, 1.807) is 6.20 Å². The minimum Gasteiger partial charge on any atom is -0.488 e. The molecule has 2 amide bonds. The smallest absolute Gasteiger partial charge is 0.255 e. The summed E-state index contributed by atoms with van der Waals surface area (Å²) >= 11 is 0. The van der Waals surface area contributed by atoms with Crippen LogP contribution in [0.3, 0.4) is 0 Å². The summed E-state index contributed by atoms with van der Waals surface area (Å²) in [6.45, 7) is 3.53. The molecule has 2 aromatic rings. The molecule has 4 heterocycles. The van der Waals surface area contributed by atoms with Gasteiger partial charge in [-0.15, -0.1) is 0 Å². The standard InChI is InChI=1S/C24H26N4O3/c29-23(26-8-2-1-3-9-26)16-13-21-22(25-14-16)27(10-11-31-21)19-6-7-20-17(12-19)15-28(24(20)30)18-4-5-18/h6-7,12-14,18H,1-5,8-11,15H2. The number of fused-ring (bicyclic) bond motifs is 2. The Morgan fingerprint density at radius 3 is 2.71 bits per heavy atom. The Morgan fingerprint density at radius 1 is 1.06 bits per heavy atom. The van der Waals surface area contributed by atoms with E-state index < -0.39 is 0 Å². The van der Waals surface area contributed by atoms with Gasteiger partial charge < -0.3 is 19.4 Å². The van der Waals surface area contributed by atoms with Gasteiger partial charge in [0.2, 0.25) is 0 Å². The number of carbonyl (C=O) groups excluding carboxylic acids is 2. The zero-order valence-corrected chi connectivity index (χ0v) is 17.5. The molecular weight excluding hydrogens is 392 g/mol. The fraction of sp³-hybridized carbons (Fsp3) is 0.458. The van der Waals surface area contributed by atoms with Gasteiger partial charge in [0.05, 0.1) is 12.1 Å². The second kappa shape index (κ2) is 7.25. The second-order valence-corrected chi connectivity index (χ2v) is 8.90. The topological polar surface area (TPSA) is 66.0 Å². The van der Waals surface area contributed by atoms with Crippen LogP contribution < -0.4 is 9.64 Å². The van der Waals surface area contributed by atoms with Crippen molar-refractivity contribution in [2.75, 3.05) is 31.1 Å². The van der Waals surface area contributed by atoms with Crippen molar-refractivity contribution in [1.29, 1.82) is 0 Å². The number of amides is 2. The summed E-state index contributed by atoms with van der Waals surface area (Å²) in [4.78, 5) is 36.2. The highest BCUT2D eigenvalue weighted by atomic mass is 16.5. The van der Waals surface area contributed by atoms with E-state index in [-0.39, 0.29) is 11.8 Å². The SMILES string of the molecule is O=C(c1cnc2c(c1)OCCN2c1ccc2c(c1)CN(C1CC1)C2=O)N1CCCCC1. The van der Waals surface area contributed by atoms with Gasteiger partial charge in [0, 0.05) is 43.1 Å². The van der Waals surface area contributed by atoms with E-state index in [0.29, 0.717) is 37.1 Å². The van der Waals surface area contributed by atoms with Crippen molar-refractivity contribution in [1.82, 2.24) is 14.8 Å². The van der Waals surface area contributed by atoms with Crippen molar-refractivity contribution < 1.29 is 14.3 Å². The lowest BCUT2D eigenvalue weighted by atomic mass is 10.1. The van der Waals surface area contributed by atoms with Gasteiger partial charge in [0.25, 0.3) is 11.8 Å². The van der Waals surface area contributed by atoms with E-state index >= 15 is 0 Å². The van der Waals surface area contributed by atoms with Gasteiger partial charge in [-0.3, -0.25) is 9.59 Å². The molecule has 0 spiro atoms. The summed E-state index contributed by atoms with van der Waals surface area (Å²) in [5, 5.41) is 0. The van der Waals surface area contributed by atoms with E-state index in [4.69, 9.17) is 4.74 Å². The third-order valence-electron chi connectivity index (χ3n) is 6.77. The Bertz CT molecular complexity index is 1060. The molecule has 1 aromatic carbocycles. The fourth-order valence-corrected chi connectivity index (χ4v) is 4.93. The number of carbonyl (C=O) groups is 2. The van der Waals surface area contributed by atoms with Crippen molar-refractivity contribution in [2.45, 2.75) is 44.7 Å². The van der Waals surface area contributed by atoms with Crippen molar-refractivity contribution in [3.63, 3.8) is 0 Å². The number of aromatic nitrogens is 1. The van der Waals surface area contributed by atoms with E-state index in [2.05, 4.69) is 16.0 Å². The Balaban J connectivity index is 1.27. The molecule has 31 heavy (non-hydrogen) atoms. The molecule has 1 aromatic heterocycles. The van der Waals surface area contributed by atoms with Gasteiger partial charge in [0.15, 0.2) is 11.6 Å². The van der Waals surface area contributed by atoms with Crippen LogP contribution in [0.25, 0.3) is 0 Å². The highest BCUT2D eigenvalue weighted by Crippen LogP contribution is 2.39. The van der Waals surface area contributed by atoms with Crippen LogP contribution in [0.2, 0.25) is 0 Å². The van der Waals surface area contributed by atoms with Crippen molar-refractivity contribution >= 4 is 23.3 Å². The van der Waals surface area contributed by atoms with Gasteiger partial charge in [0.1, 0.15) is 6.61 Å². The number of pyridine rings is 1. The van der Waals surface area contributed by atoms with Crippen LogP contribution in [0.5, 0.6) is 5.75 Å². The third-order valence-corrected chi connectivity index (χ3v) is 6.77. The maximum atomic E-state index is 12.9. The first-order valence-corrected chi connectivity index (χ1v) is 11.3. The summed E-state index contributed by atoms with van der Waals surface area (Å²) < 4.78 is 5.88. The van der Waals surface area contributed by atoms with E-state index in [1.165, 1.54) is 6.42 Å². The van der Waals surface area contributed by atoms with Crippen LogP contribution in [0, 0.1) is 0 Å². The van der Waals surface area contributed by atoms with Crippen LogP contribution in [0.15, 0.2) is 30.5 Å². The fourth-order valence-electron chi connectivity index (χ4n) is 4.93. The molecule has 0 unspecified atom stereocenters. The predicted molar refractivity (Wildman–Crippen MR) is 116 cm³/mol. The molecule has 7 nitrogen and oxygen atoms in total. The van der Waals surface area contributed by atoms with Crippen molar-refractivity contribution in [2.24, 2.45) is 0 Å². The van der Waals surface area contributed by atoms with Crippen LogP contribution in [0.1, 0.15) is 58.4 Å². The molecule has 160 valence electrons. The number of ether oxygens (including phenoxy) is 1. The average Bonchev–Trinajstić information content (AvgIpc) is 3.61. The molecule has 0 radical (unpaired) electrons. The van der Waals surface area contributed by atoms with E-state index in [0.717, 1.165) is 61.4 Å². The van der Waals surface area contributed by atoms with Crippen LogP contribution in [0.4, 0.5) is 11.5 Å². The summed E-state index contributed by atoms with van der Waals surface area (Å²) in [5.74, 6) is 1.56. The summed E-state index contributed by atoms with van der Waals surface area (Å²) in [7, 11) is 0. The largest absolute Gasteiger partial charge is 0.488 e. The zero-order chi connectivity index (χ0) is 20.9. The third kappa shape index (κ3) is 3.23. The molecule has 4 aliphatic rings. The number of nitrogens with zero attached hydrogens (tertiary/aromatic N) is 4. The van der Waals surface area contributed by atoms with Gasteiger partial charge in [-0.1, -0.05) is 0 Å². The number of rotatable bonds is 3. The second-order valence-electron chi connectivity index (χ2n) is 8.90. The van der Waals surface area contributed by atoms with Crippen LogP contribution >= 0.6 is 0 Å². The lowest BCUT2D eigenvalue weighted by Crippen LogP contribution is -2.36. The average molecular weight is 418 g/mol. The first-order valence-electron chi connectivity index (χ1n) is 11.3. The monoisotopic (exact) mass is 418 g/mol. The van der Waals surface area contributed by atoms with Crippen molar-refractivity contribution in [3.8, 4) is 5.75 Å². The molecule has 7 heteroatoms. The van der Waals surface area contributed by atoms with Gasteiger partial charge in [-0.25, -0.2) is 4.98 Å². The van der Waals surface area contributed by atoms with Crippen molar-refractivity contribution in [3.05, 3.63) is 47.2 Å². The van der Waals surface area contributed by atoms with Gasteiger partial charge in [-0.2, -0.15) is 0 Å². The lowest BCUT2D eigenvalue weighted by molar-refractivity contribution is 0.0722. The molecule has 2 fully saturated rings. The number of anilines is 2. The minimum atomic E-state index is 0.0342. The predicted octanol–water partition coefficient (Wildman–Crippen LogP) is 3.36. The molecule has 0 N–H and O–H groups in total. The Kier molecular flexibility index (Phi) is 4.37. The molecular formula is C24H26N4O3.